The predicted octanol–water partition coefficient (Wildman–Crippen LogP) is 5.51. The maximum Gasteiger partial charge on any atom is 0.231 e. The van der Waals surface area contributed by atoms with Gasteiger partial charge in [0.1, 0.15) is 11.6 Å². The molecule has 3 aliphatic rings. The molecule has 2 atom stereocenters. The maximum atomic E-state index is 14.9. The average molecular weight is 550 g/mol. The van der Waals surface area contributed by atoms with Gasteiger partial charge in [-0.3, -0.25) is 9.78 Å². The molecule has 0 bridgehead atoms. The van der Waals surface area contributed by atoms with E-state index < -0.39 is 5.82 Å². The molecule has 9 heteroatoms. The zero-order valence-corrected chi connectivity index (χ0v) is 22.7. The van der Waals surface area contributed by atoms with Gasteiger partial charge in [-0.2, -0.15) is 0 Å². The van der Waals surface area contributed by atoms with E-state index in [0.717, 1.165) is 74.2 Å². The van der Waals surface area contributed by atoms with Gasteiger partial charge < -0.3 is 14.5 Å². The Morgan fingerprint density at radius 3 is 2.72 bits per heavy atom. The number of pyridine rings is 1. The molecule has 4 heterocycles. The molecule has 39 heavy (non-hydrogen) atoms. The topological polar surface area (TPSA) is 71.5 Å². The monoisotopic (exact) mass is 549 g/mol. The molecule has 2 fully saturated rings. The first kappa shape index (κ1) is 26.0. The molecule has 1 unspecified atom stereocenters. The summed E-state index contributed by atoms with van der Waals surface area (Å²) < 4.78 is 20.8. The van der Waals surface area contributed by atoms with E-state index in [1.165, 1.54) is 12.5 Å². The summed E-state index contributed by atoms with van der Waals surface area (Å²) in [7, 11) is 0. The third-order valence-corrected chi connectivity index (χ3v) is 8.63. The van der Waals surface area contributed by atoms with Crippen molar-refractivity contribution in [3.05, 3.63) is 71.0 Å². The largest absolute Gasteiger partial charge is 0.493 e. The van der Waals surface area contributed by atoms with Crippen LogP contribution in [-0.2, 0) is 17.6 Å². The number of fused-ring (bicyclic) bond motifs is 1. The SMILES string of the molecule is O=C(Cc1ccc(OCC[C@@H]2CC2C2CCN(c3ncc(Cl)cn3)CC2)cc1F)N1CCCc2cnccc21. The third kappa shape index (κ3) is 6.01. The van der Waals surface area contributed by atoms with Crippen LogP contribution in [0.3, 0.4) is 0 Å². The van der Waals surface area contributed by atoms with Gasteiger partial charge in [-0.25, -0.2) is 14.4 Å². The molecule has 0 radical (unpaired) electrons. The number of benzene rings is 1. The Morgan fingerprint density at radius 1 is 1.10 bits per heavy atom. The number of halogens is 2. The Labute approximate surface area is 233 Å². The Morgan fingerprint density at radius 2 is 1.92 bits per heavy atom. The van der Waals surface area contributed by atoms with Crippen molar-refractivity contribution in [3.8, 4) is 5.75 Å². The first-order valence-electron chi connectivity index (χ1n) is 13.9. The third-order valence-electron chi connectivity index (χ3n) is 8.43. The number of anilines is 2. The number of piperidine rings is 1. The molecule has 0 N–H and O–H groups in total. The number of aromatic nitrogens is 3. The molecule has 6 rings (SSSR count). The van der Waals surface area contributed by atoms with Crippen LogP contribution in [0.4, 0.5) is 16.0 Å². The van der Waals surface area contributed by atoms with Gasteiger partial charge in [0.2, 0.25) is 11.9 Å². The van der Waals surface area contributed by atoms with Crippen molar-refractivity contribution in [2.45, 2.75) is 44.9 Å². The van der Waals surface area contributed by atoms with Gasteiger partial charge in [-0.05, 0) is 79.5 Å². The second-order valence-electron chi connectivity index (χ2n) is 10.9. The van der Waals surface area contributed by atoms with Crippen LogP contribution >= 0.6 is 11.6 Å². The van der Waals surface area contributed by atoms with Gasteiger partial charge in [0.15, 0.2) is 0 Å². The lowest BCUT2D eigenvalue weighted by atomic mass is 9.90. The van der Waals surface area contributed by atoms with Gasteiger partial charge in [0, 0.05) is 43.8 Å². The number of ether oxygens (including phenoxy) is 1. The van der Waals surface area contributed by atoms with Crippen LogP contribution in [0.15, 0.2) is 49.1 Å². The van der Waals surface area contributed by atoms with E-state index in [0.29, 0.717) is 35.4 Å². The molecular weight excluding hydrogens is 517 g/mol. The Bertz CT molecular complexity index is 1310. The van der Waals surface area contributed by atoms with E-state index in [2.05, 4.69) is 19.9 Å². The summed E-state index contributed by atoms with van der Waals surface area (Å²) >= 11 is 5.91. The summed E-state index contributed by atoms with van der Waals surface area (Å²) in [4.78, 5) is 29.8. The Hall–Kier alpha value is -3.26. The van der Waals surface area contributed by atoms with Gasteiger partial charge >= 0.3 is 0 Å². The maximum absolute atomic E-state index is 14.9. The number of hydrogen-bond donors (Lipinski definition) is 0. The molecule has 1 saturated carbocycles. The van der Waals surface area contributed by atoms with Crippen LogP contribution in [0, 0.1) is 23.6 Å². The number of rotatable bonds is 8. The second kappa shape index (κ2) is 11.5. The average Bonchev–Trinajstić information content (AvgIpc) is 3.74. The minimum atomic E-state index is -0.395. The van der Waals surface area contributed by atoms with E-state index in [4.69, 9.17) is 16.3 Å². The molecule has 1 aromatic carbocycles. The quantitative estimate of drug-likeness (QED) is 0.369. The second-order valence-corrected chi connectivity index (χ2v) is 11.3. The summed E-state index contributed by atoms with van der Waals surface area (Å²) in [6.45, 7) is 3.18. The lowest BCUT2D eigenvalue weighted by molar-refractivity contribution is -0.118. The molecule has 0 spiro atoms. The van der Waals surface area contributed by atoms with E-state index >= 15 is 0 Å². The standard InChI is InChI=1S/C30H33ClFN5O2/c31-24-18-34-30(35-19-24)36-11-6-20(7-12-36)26-14-21(26)8-13-39-25-4-3-22(27(32)16-25)15-29(38)37-10-1-2-23-17-33-9-5-28(23)37/h3-5,9,16-21,26H,1-2,6-8,10-15H2/t21-,26?/m1/s1. The fourth-order valence-corrected chi connectivity index (χ4v) is 6.30. The highest BCUT2D eigenvalue weighted by Gasteiger charge is 2.43. The van der Waals surface area contributed by atoms with E-state index in [-0.39, 0.29) is 12.3 Å². The molecule has 7 nitrogen and oxygen atoms in total. The lowest BCUT2D eigenvalue weighted by Gasteiger charge is -2.32. The van der Waals surface area contributed by atoms with Crippen molar-refractivity contribution in [2.75, 3.05) is 36.0 Å². The highest BCUT2D eigenvalue weighted by Crippen LogP contribution is 2.49. The number of nitrogens with zero attached hydrogens (tertiary/aromatic N) is 5. The number of amides is 1. The molecule has 204 valence electrons. The van der Waals surface area contributed by atoms with E-state index in [1.807, 2.05) is 12.3 Å². The van der Waals surface area contributed by atoms with Crippen molar-refractivity contribution in [2.24, 2.45) is 17.8 Å². The fourth-order valence-electron chi connectivity index (χ4n) is 6.21. The minimum absolute atomic E-state index is 0.0284. The number of carbonyl (C=O) groups excluding carboxylic acids is 1. The van der Waals surface area contributed by atoms with Gasteiger partial charge in [0.05, 0.1) is 30.4 Å². The van der Waals surface area contributed by atoms with Crippen LogP contribution < -0.4 is 14.5 Å². The smallest absolute Gasteiger partial charge is 0.231 e. The van der Waals surface area contributed by atoms with Gasteiger partial charge in [-0.1, -0.05) is 17.7 Å². The molecule has 1 amide bonds. The van der Waals surface area contributed by atoms with E-state index in [1.54, 1.807) is 35.6 Å². The first-order valence-corrected chi connectivity index (χ1v) is 14.3. The van der Waals surface area contributed by atoms with Crippen molar-refractivity contribution in [3.63, 3.8) is 0 Å². The normalized spacial score (nSPS) is 21.0. The Kier molecular flexibility index (Phi) is 7.64. The zero-order chi connectivity index (χ0) is 26.8. The highest BCUT2D eigenvalue weighted by molar-refractivity contribution is 6.30. The molecule has 2 aliphatic heterocycles. The lowest BCUT2D eigenvalue weighted by Crippen LogP contribution is -2.36. The van der Waals surface area contributed by atoms with E-state index in [9.17, 15) is 9.18 Å². The van der Waals surface area contributed by atoms with Crippen LogP contribution in [0.1, 0.15) is 43.2 Å². The van der Waals surface area contributed by atoms with Crippen LogP contribution in [0.5, 0.6) is 5.75 Å². The minimum Gasteiger partial charge on any atom is -0.493 e. The van der Waals surface area contributed by atoms with Crippen molar-refractivity contribution in [1.82, 2.24) is 15.0 Å². The predicted molar refractivity (Wildman–Crippen MR) is 149 cm³/mol. The molecule has 1 aliphatic carbocycles. The van der Waals surface area contributed by atoms with Crippen LogP contribution in [0.25, 0.3) is 0 Å². The molecular formula is C30H33ClFN5O2. The van der Waals surface area contributed by atoms with Crippen molar-refractivity contribution >= 4 is 29.1 Å². The summed E-state index contributed by atoms with van der Waals surface area (Å²) in [5.74, 6) is 2.95. The Balaban J connectivity index is 0.943. The van der Waals surface area contributed by atoms with Crippen molar-refractivity contribution < 1.29 is 13.9 Å². The van der Waals surface area contributed by atoms with Gasteiger partial charge in [-0.15, -0.1) is 0 Å². The fraction of sp³-hybridized carbons (Fsp3) is 0.467. The number of carbonyl (C=O) groups is 1. The summed E-state index contributed by atoms with van der Waals surface area (Å²) in [5, 5.41) is 0.558. The summed E-state index contributed by atoms with van der Waals surface area (Å²) in [6.07, 6.45) is 13.2. The number of hydrogen-bond acceptors (Lipinski definition) is 6. The molecule has 2 aromatic heterocycles. The number of aryl methyl sites for hydroxylation is 1. The molecule has 1 saturated heterocycles. The van der Waals surface area contributed by atoms with Crippen LogP contribution in [-0.4, -0.2) is 47.1 Å². The summed E-state index contributed by atoms with van der Waals surface area (Å²) in [6, 6.07) is 6.73. The van der Waals surface area contributed by atoms with Crippen molar-refractivity contribution in [1.29, 1.82) is 0 Å². The summed E-state index contributed by atoms with van der Waals surface area (Å²) in [5.41, 5.74) is 2.35. The van der Waals surface area contributed by atoms with Crippen LogP contribution in [0.2, 0.25) is 5.02 Å². The first-order chi connectivity index (χ1) is 19.0. The highest BCUT2D eigenvalue weighted by atomic mass is 35.5. The molecule has 3 aromatic rings. The van der Waals surface area contributed by atoms with Gasteiger partial charge in [0.25, 0.3) is 0 Å². The zero-order valence-electron chi connectivity index (χ0n) is 21.9.